The SMILES string of the molecule is COc1c(C)cnc(CS(=O)c2nc3ccc(-c4c(C(=O)O)ccc(F)c4Cl)cc3[nH]2)c1C. The molecule has 1 atom stereocenters. The van der Waals surface area contributed by atoms with Gasteiger partial charge in [0.2, 0.25) is 0 Å². The fourth-order valence-corrected chi connectivity index (χ4v) is 5.04. The van der Waals surface area contributed by atoms with Crippen molar-refractivity contribution in [2.45, 2.75) is 24.8 Å². The molecule has 0 spiro atoms. The molecular formula is C23H19ClFN3O4S. The Hall–Kier alpha value is -3.30. The molecule has 0 fully saturated rings. The largest absolute Gasteiger partial charge is 0.496 e. The highest BCUT2D eigenvalue weighted by Gasteiger charge is 2.20. The van der Waals surface area contributed by atoms with Crippen molar-refractivity contribution in [3.63, 3.8) is 0 Å². The van der Waals surface area contributed by atoms with Gasteiger partial charge in [-0.3, -0.25) is 9.19 Å². The Labute approximate surface area is 196 Å². The summed E-state index contributed by atoms with van der Waals surface area (Å²) in [6.07, 6.45) is 1.67. The molecule has 0 radical (unpaired) electrons. The van der Waals surface area contributed by atoms with Gasteiger partial charge in [-0.25, -0.2) is 14.2 Å². The van der Waals surface area contributed by atoms with E-state index in [1.54, 1.807) is 31.5 Å². The number of pyridine rings is 1. The van der Waals surface area contributed by atoms with Crippen molar-refractivity contribution >= 4 is 39.4 Å². The molecule has 170 valence electrons. The summed E-state index contributed by atoms with van der Waals surface area (Å²) in [5, 5.41) is 9.45. The van der Waals surface area contributed by atoms with Crippen LogP contribution in [0.1, 0.15) is 27.2 Å². The molecule has 0 saturated heterocycles. The number of fused-ring (bicyclic) bond motifs is 1. The number of H-pyrrole nitrogens is 1. The van der Waals surface area contributed by atoms with Crippen LogP contribution in [-0.4, -0.2) is 37.3 Å². The third-order valence-corrected chi connectivity index (χ3v) is 6.84. The minimum atomic E-state index is -1.53. The molecule has 7 nitrogen and oxygen atoms in total. The minimum Gasteiger partial charge on any atom is -0.496 e. The Morgan fingerprint density at radius 1 is 1.27 bits per heavy atom. The summed E-state index contributed by atoms with van der Waals surface area (Å²) in [4.78, 5) is 23.4. The molecule has 0 aliphatic carbocycles. The molecule has 1 unspecified atom stereocenters. The molecule has 2 heterocycles. The van der Waals surface area contributed by atoms with E-state index in [2.05, 4.69) is 15.0 Å². The summed E-state index contributed by atoms with van der Waals surface area (Å²) in [5.74, 6) is -1.12. The van der Waals surface area contributed by atoms with E-state index >= 15 is 0 Å². The van der Waals surface area contributed by atoms with Crippen LogP contribution in [0.2, 0.25) is 5.02 Å². The van der Waals surface area contributed by atoms with Crippen molar-refractivity contribution in [3.05, 3.63) is 69.8 Å². The van der Waals surface area contributed by atoms with Gasteiger partial charge in [0.15, 0.2) is 5.16 Å². The van der Waals surface area contributed by atoms with Crippen LogP contribution >= 0.6 is 11.6 Å². The Kier molecular flexibility index (Phi) is 6.18. The molecule has 2 N–H and O–H groups in total. The number of hydrogen-bond donors (Lipinski definition) is 2. The maximum Gasteiger partial charge on any atom is 0.336 e. The lowest BCUT2D eigenvalue weighted by Crippen LogP contribution is -2.05. The maximum atomic E-state index is 14.1. The van der Waals surface area contributed by atoms with Gasteiger partial charge in [0, 0.05) is 22.9 Å². The lowest BCUT2D eigenvalue weighted by atomic mass is 9.99. The molecule has 4 rings (SSSR count). The number of nitrogens with zero attached hydrogens (tertiary/aromatic N) is 2. The van der Waals surface area contributed by atoms with Crippen molar-refractivity contribution < 1.29 is 23.2 Å². The number of aromatic nitrogens is 3. The molecular weight excluding hydrogens is 469 g/mol. The van der Waals surface area contributed by atoms with Gasteiger partial charge in [0.05, 0.1) is 51.0 Å². The summed E-state index contributed by atoms with van der Waals surface area (Å²) in [6, 6.07) is 7.02. The Balaban J connectivity index is 1.71. The minimum absolute atomic E-state index is 0.0647. The van der Waals surface area contributed by atoms with Crippen molar-refractivity contribution in [2.24, 2.45) is 0 Å². The average molecular weight is 488 g/mol. The van der Waals surface area contributed by atoms with E-state index in [4.69, 9.17) is 16.3 Å². The van der Waals surface area contributed by atoms with Gasteiger partial charge in [0.25, 0.3) is 0 Å². The highest BCUT2D eigenvalue weighted by atomic mass is 35.5. The standard InChI is InChI=1S/C23H19ClFN3O4S/c1-11-9-26-18(12(2)21(11)32-3)10-33(31)23-27-16-7-4-13(8-17(16)28-23)19-14(22(29)30)5-6-15(25)20(19)24/h4-9H,10H2,1-3H3,(H,27,28)(H,29,30). The van der Waals surface area contributed by atoms with E-state index in [1.807, 2.05) is 13.8 Å². The maximum absolute atomic E-state index is 14.1. The van der Waals surface area contributed by atoms with Crippen molar-refractivity contribution in [1.82, 2.24) is 15.0 Å². The number of carbonyl (C=O) groups is 1. The van der Waals surface area contributed by atoms with Crippen LogP contribution in [0.15, 0.2) is 41.7 Å². The zero-order valence-electron chi connectivity index (χ0n) is 17.9. The van der Waals surface area contributed by atoms with Crippen LogP contribution in [0.3, 0.4) is 0 Å². The van der Waals surface area contributed by atoms with Gasteiger partial charge in [-0.2, -0.15) is 0 Å². The van der Waals surface area contributed by atoms with Crippen LogP contribution in [0, 0.1) is 19.7 Å². The van der Waals surface area contributed by atoms with Gasteiger partial charge in [-0.05, 0) is 43.7 Å². The van der Waals surface area contributed by atoms with E-state index < -0.39 is 22.6 Å². The van der Waals surface area contributed by atoms with Gasteiger partial charge >= 0.3 is 5.97 Å². The van der Waals surface area contributed by atoms with Crippen LogP contribution in [0.5, 0.6) is 5.75 Å². The molecule has 0 amide bonds. The Morgan fingerprint density at radius 2 is 2.03 bits per heavy atom. The Bertz CT molecular complexity index is 1440. The molecule has 33 heavy (non-hydrogen) atoms. The quantitative estimate of drug-likeness (QED) is 0.394. The van der Waals surface area contributed by atoms with Crippen molar-refractivity contribution in [1.29, 1.82) is 0 Å². The van der Waals surface area contributed by atoms with Gasteiger partial charge < -0.3 is 14.8 Å². The van der Waals surface area contributed by atoms with E-state index in [0.717, 1.165) is 17.2 Å². The number of carboxylic acid groups (broad SMARTS) is 1. The molecule has 2 aromatic carbocycles. The molecule has 0 saturated carbocycles. The van der Waals surface area contributed by atoms with Crippen LogP contribution < -0.4 is 4.74 Å². The van der Waals surface area contributed by atoms with E-state index in [-0.39, 0.29) is 27.1 Å². The molecule has 0 aliphatic rings. The second-order valence-electron chi connectivity index (χ2n) is 7.40. The zero-order valence-corrected chi connectivity index (χ0v) is 19.5. The zero-order chi connectivity index (χ0) is 23.9. The third kappa shape index (κ3) is 4.21. The summed E-state index contributed by atoms with van der Waals surface area (Å²) < 4.78 is 32.5. The van der Waals surface area contributed by atoms with E-state index in [9.17, 15) is 18.5 Å². The number of ether oxygens (including phenoxy) is 1. The number of hydrogen-bond acceptors (Lipinski definition) is 5. The Morgan fingerprint density at radius 3 is 2.73 bits per heavy atom. The van der Waals surface area contributed by atoms with Crippen molar-refractivity contribution in [3.8, 4) is 16.9 Å². The van der Waals surface area contributed by atoms with E-state index in [0.29, 0.717) is 28.0 Å². The van der Waals surface area contributed by atoms with Crippen LogP contribution in [-0.2, 0) is 16.6 Å². The first kappa shape index (κ1) is 22.9. The summed E-state index contributed by atoms with van der Waals surface area (Å²) in [7, 11) is 0.0470. The van der Waals surface area contributed by atoms with Crippen LogP contribution in [0.25, 0.3) is 22.2 Å². The molecule has 4 aromatic rings. The molecule has 2 aromatic heterocycles. The first-order valence-corrected chi connectivity index (χ1v) is 11.5. The summed E-state index contributed by atoms with van der Waals surface area (Å²) >= 11 is 6.09. The topological polar surface area (TPSA) is 105 Å². The number of rotatable bonds is 6. The number of imidazole rings is 1. The smallest absolute Gasteiger partial charge is 0.336 e. The normalized spacial score (nSPS) is 12.2. The monoisotopic (exact) mass is 487 g/mol. The predicted molar refractivity (Wildman–Crippen MR) is 124 cm³/mol. The molecule has 0 bridgehead atoms. The number of carboxylic acids is 1. The third-order valence-electron chi connectivity index (χ3n) is 5.31. The first-order valence-electron chi connectivity index (χ1n) is 9.80. The lowest BCUT2D eigenvalue weighted by molar-refractivity contribution is 0.0697. The molecule has 0 aliphatic heterocycles. The highest BCUT2D eigenvalue weighted by Crippen LogP contribution is 2.35. The fourth-order valence-electron chi connectivity index (χ4n) is 3.67. The molecule has 10 heteroatoms. The number of aromatic carboxylic acids is 1. The average Bonchev–Trinajstić information content (AvgIpc) is 3.21. The summed E-state index contributed by atoms with van der Waals surface area (Å²) in [6.45, 7) is 3.75. The van der Waals surface area contributed by atoms with Crippen molar-refractivity contribution in [2.75, 3.05) is 7.11 Å². The van der Waals surface area contributed by atoms with Crippen LogP contribution in [0.4, 0.5) is 4.39 Å². The summed E-state index contributed by atoms with van der Waals surface area (Å²) in [5.41, 5.74) is 3.70. The van der Waals surface area contributed by atoms with Gasteiger partial charge in [-0.1, -0.05) is 17.7 Å². The van der Waals surface area contributed by atoms with Gasteiger partial charge in [-0.15, -0.1) is 0 Å². The number of halogens is 2. The number of aromatic amines is 1. The van der Waals surface area contributed by atoms with E-state index in [1.165, 1.54) is 6.07 Å². The second kappa shape index (κ2) is 8.92. The highest BCUT2D eigenvalue weighted by molar-refractivity contribution is 7.84. The number of benzene rings is 2. The first-order chi connectivity index (χ1) is 15.7. The fraction of sp³-hybridized carbons (Fsp3) is 0.174. The lowest BCUT2D eigenvalue weighted by Gasteiger charge is -2.11. The van der Waals surface area contributed by atoms with Gasteiger partial charge in [0.1, 0.15) is 11.6 Å². The predicted octanol–water partition coefficient (Wildman–Crippen LogP) is 5.05. The number of aryl methyl sites for hydroxylation is 1. The number of methoxy groups -OCH3 is 1. The second-order valence-corrected chi connectivity index (χ2v) is 9.14. The number of nitrogens with one attached hydrogen (secondary N) is 1.